The fraction of sp³-hybridized carbons (Fsp3) is 0.462. The summed E-state index contributed by atoms with van der Waals surface area (Å²) in [7, 11) is 1.60. The molecule has 1 aromatic carbocycles. The topological polar surface area (TPSA) is 59.6 Å². The number of ether oxygens (including phenoxy) is 2. The number of carbonyl (C=O) groups is 1. The highest BCUT2D eigenvalue weighted by Crippen LogP contribution is 2.11. The Labute approximate surface area is 124 Å². The SMILES string of the molecule is COCCNCC(=O)NCCOc1cccc(F)c1.Cl. The molecule has 20 heavy (non-hydrogen) atoms. The monoisotopic (exact) mass is 306 g/mol. The van der Waals surface area contributed by atoms with E-state index in [1.165, 1.54) is 12.1 Å². The summed E-state index contributed by atoms with van der Waals surface area (Å²) in [5.74, 6) is -0.00436. The van der Waals surface area contributed by atoms with Crippen LogP contribution < -0.4 is 15.4 Å². The quantitative estimate of drug-likeness (QED) is 0.668. The molecule has 0 bridgehead atoms. The van der Waals surface area contributed by atoms with E-state index >= 15 is 0 Å². The van der Waals surface area contributed by atoms with Crippen molar-refractivity contribution < 1.29 is 18.7 Å². The molecule has 0 saturated heterocycles. The molecule has 0 atom stereocenters. The van der Waals surface area contributed by atoms with Crippen molar-refractivity contribution in [2.45, 2.75) is 0 Å². The normalized spacial score (nSPS) is 9.70. The van der Waals surface area contributed by atoms with Gasteiger partial charge in [0, 0.05) is 19.7 Å². The van der Waals surface area contributed by atoms with Crippen molar-refractivity contribution in [2.24, 2.45) is 0 Å². The van der Waals surface area contributed by atoms with Crippen LogP contribution in [0.15, 0.2) is 24.3 Å². The third-order valence-electron chi connectivity index (χ3n) is 2.26. The van der Waals surface area contributed by atoms with Crippen molar-refractivity contribution in [3.63, 3.8) is 0 Å². The molecule has 2 N–H and O–H groups in total. The molecule has 1 amide bonds. The van der Waals surface area contributed by atoms with Crippen molar-refractivity contribution in [2.75, 3.05) is 40.0 Å². The predicted molar refractivity (Wildman–Crippen MR) is 76.9 cm³/mol. The maximum absolute atomic E-state index is 12.8. The van der Waals surface area contributed by atoms with E-state index in [9.17, 15) is 9.18 Å². The summed E-state index contributed by atoms with van der Waals surface area (Å²) in [5, 5.41) is 5.61. The van der Waals surface area contributed by atoms with E-state index in [-0.39, 0.29) is 30.7 Å². The summed E-state index contributed by atoms with van der Waals surface area (Å²) in [6, 6.07) is 5.88. The van der Waals surface area contributed by atoms with E-state index in [0.717, 1.165) is 0 Å². The van der Waals surface area contributed by atoms with Gasteiger partial charge in [-0.15, -0.1) is 12.4 Å². The molecule has 5 nitrogen and oxygen atoms in total. The van der Waals surface area contributed by atoms with Crippen LogP contribution in [0.5, 0.6) is 5.75 Å². The zero-order valence-electron chi connectivity index (χ0n) is 11.4. The number of hydrogen-bond acceptors (Lipinski definition) is 4. The highest BCUT2D eigenvalue weighted by Gasteiger charge is 2.00. The smallest absolute Gasteiger partial charge is 0.234 e. The molecular formula is C13H20ClFN2O3. The van der Waals surface area contributed by atoms with Crippen LogP contribution in [-0.2, 0) is 9.53 Å². The maximum atomic E-state index is 12.8. The second kappa shape index (κ2) is 11.5. The van der Waals surface area contributed by atoms with Crippen LogP contribution in [0.25, 0.3) is 0 Å². The molecule has 0 unspecified atom stereocenters. The number of methoxy groups -OCH3 is 1. The zero-order valence-corrected chi connectivity index (χ0v) is 12.2. The molecule has 7 heteroatoms. The Morgan fingerprint density at radius 1 is 1.30 bits per heavy atom. The van der Waals surface area contributed by atoms with Crippen molar-refractivity contribution in [1.82, 2.24) is 10.6 Å². The van der Waals surface area contributed by atoms with Gasteiger partial charge in [0.25, 0.3) is 0 Å². The highest BCUT2D eigenvalue weighted by atomic mass is 35.5. The van der Waals surface area contributed by atoms with Crippen LogP contribution in [0.1, 0.15) is 0 Å². The third kappa shape index (κ3) is 8.68. The minimum atomic E-state index is -0.344. The number of amides is 1. The van der Waals surface area contributed by atoms with E-state index in [2.05, 4.69) is 10.6 Å². The summed E-state index contributed by atoms with van der Waals surface area (Å²) in [6.07, 6.45) is 0. The van der Waals surface area contributed by atoms with Gasteiger partial charge < -0.3 is 20.1 Å². The first-order valence-corrected chi connectivity index (χ1v) is 6.07. The molecule has 0 aromatic heterocycles. The average Bonchev–Trinajstić information content (AvgIpc) is 2.40. The van der Waals surface area contributed by atoms with Gasteiger partial charge in [-0.2, -0.15) is 0 Å². The predicted octanol–water partition coefficient (Wildman–Crippen LogP) is 0.978. The summed E-state index contributed by atoms with van der Waals surface area (Å²) in [6.45, 7) is 2.11. The molecule has 1 aromatic rings. The van der Waals surface area contributed by atoms with Crippen LogP contribution in [0.2, 0.25) is 0 Å². The van der Waals surface area contributed by atoms with E-state index in [1.807, 2.05) is 0 Å². The first-order valence-electron chi connectivity index (χ1n) is 6.07. The number of carbonyl (C=O) groups excluding carboxylic acids is 1. The van der Waals surface area contributed by atoms with Crippen molar-refractivity contribution in [3.05, 3.63) is 30.1 Å². The van der Waals surface area contributed by atoms with Gasteiger partial charge in [-0.05, 0) is 12.1 Å². The Morgan fingerprint density at radius 2 is 2.10 bits per heavy atom. The molecule has 0 aliphatic heterocycles. The average molecular weight is 307 g/mol. The molecule has 0 heterocycles. The Morgan fingerprint density at radius 3 is 2.80 bits per heavy atom. The van der Waals surface area contributed by atoms with Crippen molar-refractivity contribution in [1.29, 1.82) is 0 Å². The minimum absolute atomic E-state index is 0. The van der Waals surface area contributed by atoms with Gasteiger partial charge >= 0.3 is 0 Å². The molecule has 0 aliphatic carbocycles. The summed E-state index contributed by atoms with van der Waals surface area (Å²) in [5.41, 5.74) is 0. The second-order valence-corrected chi connectivity index (χ2v) is 3.83. The van der Waals surface area contributed by atoms with E-state index in [0.29, 0.717) is 32.1 Å². The van der Waals surface area contributed by atoms with Gasteiger partial charge in [-0.3, -0.25) is 4.79 Å². The van der Waals surface area contributed by atoms with Crippen LogP contribution in [0, 0.1) is 5.82 Å². The van der Waals surface area contributed by atoms with Crippen LogP contribution in [0.3, 0.4) is 0 Å². The maximum Gasteiger partial charge on any atom is 0.234 e. The van der Waals surface area contributed by atoms with Crippen LogP contribution >= 0.6 is 12.4 Å². The third-order valence-corrected chi connectivity index (χ3v) is 2.26. The van der Waals surface area contributed by atoms with Crippen molar-refractivity contribution in [3.8, 4) is 5.75 Å². The van der Waals surface area contributed by atoms with Gasteiger partial charge in [-0.25, -0.2) is 4.39 Å². The standard InChI is InChI=1S/C13H19FN2O3.ClH/c1-18-7-5-15-10-13(17)16-6-8-19-12-4-2-3-11(14)9-12;/h2-4,9,15H,5-8,10H2,1H3,(H,16,17);1H. The lowest BCUT2D eigenvalue weighted by Crippen LogP contribution is -2.37. The number of hydrogen-bond donors (Lipinski definition) is 2. The number of nitrogens with one attached hydrogen (secondary N) is 2. The Bertz CT molecular complexity index is 394. The van der Waals surface area contributed by atoms with Crippen LogP contribution in [0.4, 0.5) is 4.39 Å². The molecule has 0 saturated carbocycles. The number of rotatable bonds is 9. The minimum Gasteiger partial charge on any atom is -0.492 e. The highest BCUT2D eigenvalue weighted by molar-refractivity contribution is 5.85. The fourth-order valence-electron chi connectivity index (χ4n) is 1.35. The molecule has 1 rings (SSSR count). The largest absolute Gasteiger partial charge is 0.492 e. The molecule has 114 valence electrons. The van der Waals surface area contributed by atoms with E-state index in [4.69, 9.17) is 9.47 Å². The summed E-state index contributed by atoms with van der Waals surface area (Å²) < 4.78 is 23.0. The lowest BCUT2D eigenvalue weighted by atomic mass is 10.3. The lowest BCUT2D eigenvalue weighted by molar-refractivity contribution is -0.120. The molecular weight excluding hydrogens is 287 g/mol. The Kier molecular flexibility index (Phi) is 10.7. The van der Waals surface area contributed by atoms with Gasteiger partial charge in [-0.1, -0.05) is 6.07 Å². The van der Waals surface area contributed by atoms with Crippen molar-refractivity contribution >= 4 is 18.3 Å². The van der Waals surface area contributed by atoms with E-state index in [1.54, 1.807) is 19.2 Å². The zero-order chi connectivity index (χ0) is 13.9. The Balaban J connectivity index is 0.00000361. The summed E-state index contributed by atoms with van der Waals surface area (Å²) >= 11 is 0. The summed E-state index contributed by atoms with van der Waals surface area (Å²) in [4.78, 5) is 11.3. The molecule has 0 radical (unpaired) electrons. The number of benzene rings is 1. The second-order valence-electron chi connectivity index (χ2n) is 3.83. The van der Waals surface area contributed by atoms with Gasteiger partial charge in [0.2, 0.25) is 5.91 Å². The molecule has 0 spiro atoms. The lowest BCUT2D eigenvalue weighted by Gasteiger charge is -2.08. The molecule has 0 fully saturated rings. The van der Waals surface area contributed by atoms with Crippen LogP contribution in [-0.4, -0.2) is 45.9 Å². The first-order chi connectivity index (χ1) is 9.22. The molecule has 0 aliphatic rings. The number of halogens is 2. The first kappa shape index (κ1) is 18.6. The van der Waals surface area contributed by atoms with E-state index < -0.39 is 0 Å². The van der Waals surface area contributed by atoms with Gasteiger partial charge in [0.15, 0.2) is 0 Å². The van der Waals surface area contributed by atoms with Gasteiger partial charge in [0.1, 0.15) is 18.2 Å². The fourth-order valence-corrected chi connectivity index (χ4v) is 1.35. The van der Waals surface area contributed by atoms with Gasteiger partial charge in [0.05, 0.1) is 19.7 Å². The Hall–Kier alpha value is -1.37.